The number of hydrogen-bond donors (Lipinski definition) is 0. The zero-order valence-corrected chi connectivity index (χ0v) is 10.6. The van der Waals surface area contributed by atoms with E-state index in [1.54, 1.807) is 0 Å². The van der Waals surface area contributed by atoms with E-state index in [1.165, 1.54) is 18.4 Å². The first-order chi connectivity index (χ1) is 8.16. The fraction of sp³-hybridized carbons (Fsp3) is 0.533. The van der Waals surface area contributed by atoms with Gasteiger partial charge in [0, 0.05) is 5.56 Å². The van der Waals surface area contributed by atoms with Gasteiger partial charge in [-0.1, -0.05) is 38.1 Å². The van der Waals surface area contributed by atoms with Crippen molar-refractivity contribution in [1.29, 1.82) is 0 Å². The van der Waals surface area contributed by atoms with Crippen molar-refractivity contribution < 1.29 is 9.53 Å². The van der Waals surface area contributed by atoms with Gasteiger partial charge in [-0.15, -0.1) is 0 Å². The van der Waals surface area contributed by atoms with E-state index in [9.17, 15) is 4.79 Å². The first-order valence-corrected chi connectivity index (χ1v) is 6.37. The smallest absolute Gasteiger partial charge is 0.188 e. The Kier molecular flexibility index (Phi) is 3.95. The molecular formula is C15H20O2. The van der Waals surface area contributed by atoms with E-state index in [0.29, 0.717) is 11.8 Å². The van der Waals surface area contributed by atoms with Crippen LogP contribution >= 0.6 is 0 Å². The van der Waals surface area contributed by atoms with Crippen molar-refractivity contribution in [1.82, 2.24) is 0 Å². The molecule has 0 aliphatic heterocycles. The number of hydrogen-bond acceptors (Lipinski definition) is 2. The van der Waals surface area contributed by atoms with E-state index in [4.69, 9.17) is 4.74 Å². The fourth-order valence-corrected chi connectivity index (χ4v) is 1.74. The molecule has 0 radical (unpaired) electrons. The third kappa shape index (κ3) is 3.67. The van der Waals surface area contributed by atoms with Crippen LogP contribution in [0, 0.1) is 5.92 Å². The van der Waals surface area contributed by atoms with Crippen LogP contribution in [0.3, 0.4) is 0 Å². The van der Waals surface area contributed by atoms with Crippen LogP contribution in [-0.4, -0.2) is 19.0 Å². The molecule has 0 amide bonds. The summed E-state index contributed by atoms with van der Waals surface area (Å²) in [6.07, 6.45) is 2.52. The first-order valence-electron chi connectivity index (χ1n) is 6.37. The highest BCUT2D eigenvalue weighted by molar-refractivity contribution is 5.97. The average Bonchev–Trinajstić information content (AvgIpc) is 3.13. The molecule has 0 bridgehead atoms. The summed E-state index contributed by atoms with van der Waals surface area (Å²) in [7, 11) is 0. The summed E-state index contributed by atoms with van der Waals surface area (Å²) < 4.78 is 5.40. The highest BCUT2D eigenvalue weighted by Crippen LogP contribution is 2.28. The number of carbonyl (C=O) groups is 1. The molecular weight excluding hydrogens is 212 g/mol. The molecule has 92 valence electrons. The normalized spacial score (nSPS) is 15.2. The van der Waals surface area contributed by atoms with Crippen molar-refractivity contribution >= 4 is 5.78 Å². The lowest BCUT2D eigenvalue weighted by Gasteiger charge is -2.06. The molecule has 1 saturated carbocycles. The van der Waals surface area contributed by atoms with Crippen LogP contribution in [0.25, 0.3) is 0 Å². The van der Waals surface area contributed by atoms with E-state index >= 15 is 0 Å². The van der Waals surface area contributed by atoms with E-state index < -0.39 is 0 Å². The van der Waals surface area contributed by atoms with Gasteiger partial charge in [-0.2, -0.15) is 0 Å². The summed E-state index contributed by atoms with van der Waals surface area (Å²) in [6.45, 7) is 5.26. The molecule has 2 rings (SSSR count). The number of rotatable bonds is 6. The minimum atomic E-state index is 0.0842. The van der Waals surface area contributed by atoms with Crippen molar-refractivity contribution in [2.75, 3.05) is 13.2 Å². The topological polar surface area (TPSA) is 26.3 Å². The highest BCUT2D eigenvalue weighted by Gasteiger charge is 2.21. The van der Waals surface area contributed by atoms with E-state index in [2.05, 4.69) is 13.8 Å². The predicted octanol–water partition coefficient (Wildman–Crippen LogP) is 3.42. The Hall–Kier alpha value is -1.15. The lowest BCUT2D eigenvalue weighted by Crippen LogP contribution is -2.10. The molecule has 1 aliphatic rings. The lowest BCUT2D eigenvalue weighted by molar-refractivity contribution is 0.0740. The summed E-state index contributed by atoms with van der Waals surface area (Å²) in [6, 6.07) is 7.86. The molecule has 1 aliphatic carbocycles. The SMILES string of the molecule is CC(C)c1ccc(C(=O)COCC2CC2)cc1. The summed E-state index contributed by atoms with van der Waals surface area (Å²) in [4.78, 5) is 11.8. The third-order valence-electron chi connectivity index (χ3n) is 3.18. The largest absolute Gasteiger partial charge is 0.373 e. The standard InChI is InChI=1S/C15H20O2/c1-11(2)13-5-7-14(8-6-13)15(16)10-17-9-12-3-4-12/h5-8,11-12H,3-4,9-10H2,1-2H3. The van der Waals surface area contributed by atoms with Crippen LogP contribution in [-0.2, 0) is 4.74 Å². The minimum absolute atomic E-state index is 0.0842. The van der Waals surface area contributed by atoms with Gasteiger partial charge in [-0.05, 0) is 30.2 Å². The van der Waals surface area contributed by atoms with Crippen LogP contribution in [0.4, 0.5) is 0 Å². The van der Waals surface area contributed by atoms with Gasteiger partial charge >= 0.3 is 0 Å². The van der Waals surface area contributed by atoms with E-state index in [-0.39, 0.29) is 12.4 Å². The molecule has 2 nitrogen and oxygen atoms in total. The molecule has 1 fully saturated rings. The molecule has 0 heterocycles. The summed E-state index contributed by atoms with van der Waals surface area (Å²) in [5, 5.41) is 0. The zero-order valence-electron chi connectivity index (χ0n) is 10.6. The number of benzene rings is 1. The first kappa shape index (κ1) is 12.3. The second kappa shape index (κ2) is 5.46. The predicted molar refractivity (Wildman–Crippen MR) is 68.4 cm³/mol. The molecule has 0 unspecified atom stereocenters. The summed E-state index contributed by atoms with van der Waals surface area (Å²) >= 11 is 0. The van der Waals surface area contributed by atoms with Gasteiger partial charge in [-0.3, -0.25) is 4.79 Å². The molecule has 0 atom stereocenters. The van der Waals surface area contributed by atoms with Crippen molar-refractivity contribution in [3.8, 4) is 0 Å². The minimum Gasteiger partial charge on any atom is -0.373 e. The van der Waals surface area contributed by atoms with Crippen molar-refractivity contribution in [2.24, 2.45) is 5.92 Å². The van der Waals surface area contributed by atoms with Gasteiger partial charge in [0.15, 0.2) is 5.78 Å². The summed E-state index contributed by atoms with van der Waals surface area (Å²) in [5.74, 6) is 1.30. The summed E-state index contributed by atoms with van der Waals surface area (Å²) in [5.41, 5.74) is 2.02. The van der Waals surface area contributed by atoms with Gasteiger partial charge in [-0.25, -0.2) is 0 Å². The van der Waals surface area contributed by atoms with Crippen molar-refractivity contribution in [3.05, 3.63) is 35.4 Å². The second-order valence-corrected chi connectivity index (χ2v) is 5.16. The lowest BCUT2D eigenvalue weighted by atomic mass is 10.0. The monoisotopic (exact) mass is 232 g/mol. The quantitative estimate of drug-likeness (QED) is 0.702. The molecule has 2 heteroatoms. The Morgan fingerprint density at radius 1 is 1.29 bits per heavy atom. The third-order valence-corrected chi connectivity index (χ3v) is 3.18. The number of ether oxygens (including phenoxy) is 1. The molecule has 0 N–H and O–H groups in total. The van der Waals surface area contributed by atoms with Gasteiger partial charge in [0.1, 0.15) is 6.61 Å². The molecule has 17 heavy (non-hydrogen) atoms. The van der Waals surface area contributed by atoms with Crippen LogP contribution in [0.15, 0.2) is 24.3 Å². The highest BCUT2D eigenvalue weighted by atomic mass is 16.5. The second-order valence-electron chi connectivity index (χ2n) is 5.16. The van der Waals surface area contributed by atoms with Crippen molar-refractivity contribution in [3.63, 3.8) is 0 Å². The molecule has 0 aromatic heterocycles. The van der Waals surface area contributed by atoms with Crippen LogP contribution in [0.1, 0.15) is 48.5 Å². The molecule has 1 aromatic rings. The Labute approximate surface area is 103 Å². The fourth-order valence-electron chi connectivity index (χ4n) is 1.74. The molecule has 1 aromatic carbocycles. The Bertz CT molecular complexity index is 374. The maximum absolute atomic E-state index is 11.8. The molecule has 0 saturated heterocycles. The van der Waals surface area contributed by atoms with Crippen molar-refractivity contribution in [2.45, 2.75) is 32.6 Å². The number of Topliss-reactive ketones (excluding diaryl/α,β-unsaturated/α-hetero) is 1. The van der Waals surface area contributed by atoms with Gasteiger partial charge in [0.25, 0.3) is 0 Å². The maximum Gasteiger partial charge on any atom is 0.188 e. The van der Waals surface area contributed by atoms with Crippen LogP contribution < -0.4 is 0 Å². The van der Waals surface area contributed by atoms with Gasteiger partial charge in [0.05, 0.1) is 6.61 Å². The number of carbonyl (C=O) groups excluding carboxylic acids is 1. The van der Waals surface area contributed by atoms with E-state index in [0.717, 1.165) is 12.2 Å². The number of ketones is 1. The van der Waals surface area contributed by atoms with E-state index in [1.807, 2.05) is 24.3 Å². The Morgan fingerprint density at radius 3 is 2.47 bits per heavy atom. The maximum atomic E-state index is 11.8. The van der Waals surface area contributed by atoms with Gasteiger partial charge < -0.3 is 4.74 Å². The Morgan fingerprint density at radius 2 is 1.94 bits per heavy atom. The van der Waals surface area contributed by atoms with Crippen LogP contribution in [0.5, 0.6) is 0 Å². The molecule has 0 spiro atoms. The van der Waals surface area contributed by atoms with Crippen LogP contribution in [0.2, 0.25) is 0 Å². The zero-order chi connectivity index (χ0) is 12.3. The van der Waals surface area contributed by atoms with Gasteiger partial charge in [0.2, 0.25) is 0 Å². The average molecular weight is 232 g/mol. The Balaban J connectivity index is 1.84.